The molecule has 180 valence electrons. The first-order chi connectivity index (χ1) is 16.8. The lowest BCUT2D eigenvalue weighted by molar-refractivity contribution is -0.136. The summed E-state index contributed by atoms with van der Waals surface area (Å²) in [5.74, 6) is -0.955. The fraction of sp³-hybridized carbons (Fsp3) is 0.308. The number of rotatable bonds is 5. The first kappa shape index (κ1) is 22.6. The minimum atomic E-state index is -0.644. The van der Waals surface area contributed by atoms with Crippen molar-refractivity contribution in [3.63, 3.8) is 0 Å². The largest absolute Gasteiger partial charge is 0.345 e. The lowest BCUT2D eigenvalue weighted by Gasteiger charge is -2.29. The first-order valence-electron chi connectivity index (χ1n) is 11.7. The Hall–Kier alpha value is -4.14. The Morgan fingerprint density at radius 3 is 2.71 bits per heavy atom. The molecule has 0 saturated carbocycles. The molecule has 0 radical (unpaired) electrons. The van der Waals surface area contributed by atoms with Gasteiger partial charge in [-0.1, -0.05) is 18.2 Å². The van der Waals surface area contributed by atoms with Crippen molar-refractivity contribution in [2.45, 2.75) is 51.9 Å². The van der Waals surface area contributed by atoms with Gasteiger partial charge in [0.05, 0.1) is 5.52 Å². The van der Waals surface area contributed by atoms with Crippen LogP contribution in [0.1, 0.15) is 54.2 Å². The molecule has 3 heterocycles. The molecule has 5 amide bonds. The van der Waals surface area contributed by atoms with Gasteiger partial charge in [-0.3, -0.25) is 19.7 Å². The lowest BCUT2D eigenvalue weighted by Crippen LogP contribution is -2.52. The topological polar surface area (TPSA) is 113 Å². The second-order valence-corrected chi connectivity index (χ2v) is 9.29. The van der Waals surface area contributed by atoms with Crippen molar-refractivity contribution in [1.29, 1.82) is 0 Å². The zero-order valence-corrected chi connectivity index (χ0v) is 19.6. The Morgan fingerprint density at radius 1 is 1.11 bits per heavy atom. The molecular weight excluding hydrogens is 446 g/mol. The number of carbonyl (C=O) groups is 4. The summed E-state index contributed by atoms with van der Waals surface area (Å²) >= 11 is 0. The number of hydrogen-bond acceptors (Lipinski definition) is 4. The van der Waals surface area contributed by atoms with Crippen molar-refractivity contribution in [3.8, 4) is 0 Å². The van der Waals surface area contributed by atoms with E-state index in [1.165, 1.54) is 4.90 Å². The van der Waals surface area contributed by atoms with Gasteiger partial charge in [-0.25, -0.2) is 4.79 Å². The van der Waals surface area contributed by atoms with Gasteiger partial charge >= 0.3 is 6.03 Å². The van der Waals surface area contributed by atoms with Gasteiger partial charge in [-0.05, 0) is 61.0 Å². The quantitative estimate of drug-likeness (QED) is 0.494. The molecule has 0 spiro atoms. The number of imide groups is 1. The van der Waals surface area contributed by atoms with E-state index in [0.717, 1.165) is 22.0 Å². The second-order valence-electron chi connectivity index (χ2n) is 9.29. The maximum Gasteiger partial charge on any atom is 0.319 e. The number of amides is 5. The number of benzene rings is 2. The van der Waals surface area contributed by atoms with E-state index in [0.29, 0.717) is 30.3 Å². The van der Waals surface area contributed by atoms with Crippen molar-refractivity contribution in [1.82, 2.24) is 20.1 Å². The molecule has 1 fully saturated rings. The summed E-state index contributed by atoms with van der Waals surface area (Å²) in [6, 6.07) is 12.6. The third kappa shape index (κ3) is 4.37. The predicted octanol–water partition coefficient (Wildman–Crippen LogP) is 3.30. The third-order valence-electron chi connectivity index (χ3n) is 6.58. The molecule has 1 saturated heterocycles. The number of fused-ring (bicyclic) bond motifs is 2. The third-order valence-corrected chi connectivity index (χ3v) is 6.58. The second kappa shape index (κ2) is 8.90. The number of carbonyl (C=O) groups excluding carboxylic acids is 4. The molecule has 5 rings (SSSR count). The van der Waals surface area contributed by atoms with E-state index >= 15 is 0 Å². The SMILES string of the molecule is CC(C)n1ccc2ccc(NC(=O)NCc3ccc4c(c3)CN(C3CCC(=O)NC3=O)C4=O)cc21. The molecule has 1 aromatic heterocycles. The van der Waals surface area contributed by atoms with Crippen LogP contribution in [0.2, 0.25) is 0 Å². The minimum Gasteiger partial charge on any atom is -0.345 e. The van der Waals surface area contributed by atoms with Gasteiger partial charge in [0.1, 0.15) is 6.04 Å². The molecule has 9 nitrogen and oxygen atoms in total. The van der Waals surface area contributed by atoms with Gasteiger partial charge < -0.3 is 20.1 Å². The Bertz CT molecular complexity index is 1360. The summed E-state index contributed by atoms with van der Waals surface area (Å²) < 4.78 is 2.16. The fourth-order valence-corrected chi connectivity index (χ4v) is 4.77. The molecule has 35 heavy (non-hydrogen) atoms. The van der Waals surface area contributed by atoms with E-state index in [-0.39, 0.29) is 30.8 Å². The number of nitrogens with zero attached hydrogens (tertiary/aromatic N) is 2. The zero-order chi connectivity index (χ0) is 24.7. The highest BCUT2D eigenvalue weighted by molar-refractivity contribution is 6.05. The molecule has 2 aliphatic heterocycles. The molecular formula is C26H27N5O4. The highest BCUT2D eigenvalue weighted by Crippen LogP contribution is 2.28. The van der Waals surface area contributed by atoms with Crippen molar-refractivity contribution < 1.29 is 19.2 Å². The van der Waals surface area contributed by atoms with Gasteiger partial charge in [0.25, 0.3) is 5.91 Å². The molecule has 3 aromatic rings. The summed E-state index contributed by atoms with van der Waals surface area (Å²) in [4.78, 5) is 50.5. The number of urea groups is 1. The smallest absolute Gasteiger partial charge is 0.319 e. The van der Waals surface area contributed by atoms with Crippen LogP contribution in [0.4, 0.5) is 10.5 Å². The molecule has 3 N–H and O–H groups in total. The van der Waals surface area contributed by atoms with Crippen molar-refractivity contribution in [2.24, 2.45) is 0 Å². The molecule has 1 unspecified atom stereocenters. The van der Waals surface area contributed by atoms with Crippen LogP contribution in [0.25, 0.3) is 10.9 Å². The predicted molar refractivity (Wildman–Crippen MR) is 131 cm³/mol. The summed E-state index contributed by atoms with van der Waals surface area (Å²) in [6.45, 7) is 4.81. The summed E-state index contributed by atoms with van der Waals surface area (Å²) in [7, 11) is 0. The first-order valence-corrected chi connectivity index (χ1v) is 11.7. The Kier molecular flexibility index (Phi) is 5.76. The van der Waals surface area contributed by atoms with E-state index in [1.807, 2.05) is 30.5 Å². The normalized spacial score (nSPS) is 17.6. The van der Waals surface area contributed by atoms with Gasteiger partial charge in [0.15, 0.2) is 0 Å². The monoisotopic (exact) mass is 473 g/mol. The fourth-order valence-electron chi connectivity index (χ4n) is 4.77. The van der Waals surface area contributed by atoms with Crippen molar-refractivity contribution >= 4 is 40.3 Å². The van der Waals surface area contributed by atoms with Gasteiger partial charge in [-0.15, -0.1) is 0 Å². The van der Waals surface area contributed by atoms with Gasteiger partial charge in [-0.2, -0.15) is 0 Å². The lowest BCUT2D eigenvalue weighted by atomic mass is 10.0. The average molecular weight is 474 g/mol. The van der Waals surface area contributed by atoms with Crippen LogP contribution in [0.3, 0.4) is 0 Å². The van der Waals surface area contributed by atoms with Crippen molar-refractivity contribution in [2.75, 3.05) is 5.32 Å². The minimum absolute atomic E-state index is 0.215. The average Bonchev–Trinajstić information content (AvgIpc) is 3.38. The maximum atomic E-state index is 12.8. The molecule has 0 aliphatic carbocycles. The summed E-state index contributed by atoms with van der Waals surface area (Å²) in [5, 5.41) is 9.16. The van der Waals surface area contributed by atoms with E-state index < -0.39 is 11.9 Å². The van der Waals surface area contributed by atoms with Crippen molar-refractivity contribution in [3.05, 3.63) is 65.4 Å². The standard InChI is InChI=1S/C26H27N5O4/c1-15(2)30-10-9-17-4-5-19(12-22(17)30)28-26(35)27-13-16-3-6-20-18(11-16)14-31(25(20)34)21-7-8-23(32)29-24(21)33/h3-6,9-12,15,21H,7-8,13-14H2,1-2H3,(H2,27,28,35)(H,29,32,33). The van der Waals surface area contributed by atoms with Crippen LogP contribution in [-0.2, 0) is 22.7 Å². The number of aromatic nitrogens is 1. The van der Waals surface area contributed by atoms with E-state index in [1.54, 1.807) is 12.1 Å². The van der Waals surface area contributed by atoms with E-state index in [9.17, 15) is 19.2 Å². The molecule has 9 heteroatoms. The van der Waals surface area contributed by atoms with Crippen LogP contribution >= 0.6 is 0 Å². The summed E-state index contributed by atoms with van der Waals surface area (Å²) in [6.07, 6.45) is 2.59. The highest BCUT2D eigenvalue weighted by Gasteiger charge is 2.39. The number of anilines is 1. The maximum absolute atomic E-state index is 12.8. The number of piperidine rings is 1. The molecule has 1 atom stereocenters. The zero-order valence-electron chi connectivity index (χ0n) is 19.6. The van der Waals surface area contributed by atoms with Crippen LogP contribution in [0.5, 0.6) is 0 Å². The Morgan fingerprint density at radius 2 is 1.94 bits per heavy atom. The van der Waals surface area contributed by atoms with Gasteiger partial charge in [0, 0.05) is 43.0 Å². The molecule has 2 aromatic carbocycles. The molecule has 0 bridgehead atoms. The van der Waals surface area contributed by atoms with E-state index in [2.05, 4.69) is 40.4 Å². The number of nitrogens with one attached hydrogen (secondary N) is 3. The summed E-state index contributed by atoms with van der Waals surface area (Å²) in [5.41, 5.74) is 3.96. The number of hydrogen-bond donors (Lipinski definition) is 3. The van der Waals surface area contributed by atoms with Gasteiger partial charge in [0.2, 0.25) is 11.8 Å². The van der Waals surface area contributed by atoms with Crippen LogP contribution in [-0.4, -0.2) is 39.3 Å². The molecule has 2 aliphatic rings. The highest BCUT2D eigenvalue weighted by atomic mass is 16.2. The van der Waals surface area contributed by atoms with Crippen LogP contribution in [0, 0.1) is 0 Å². The van der Waals surface area contributed by atoms with Crippen LogP contribution in [0.15, 0.2) is 48.7 Å². The van der Waals surface area contributed by atoms with Crippen LogP contribution < -0.4 is 16.0 Å². The Labute approximate surface area is 202 Å². The Balaban J connectivity index is 1.22. The van der Waals surface area contributed by atoms with E-state index in [4.69, 9.17) is 0 Å².